The standard InChI is InChI=1S/C26H25FN2O5/c1-16-12-21(17(2)29(16)20-10-8-19(27)9-11-20)23(30)15-34-26(32)18-13-25(31)28(14-18)22-6-4-5-7-24(22)33-3/h4-12,18H,13-15H2,1-3H3. The zero-order valence-electron chi connectivity index (χ0n) is 19.2. The summed E-state index contributed by atoms with van der Waals surface area (Å²) in [4.78, 5) is 39.5. The van der Waals surface area contributed by atoms with Gasteiger partial charge in [-0.25, -0.2) is 4.39 Å². The smallest absolute Gasteiger partial charge is 0.311 e. The molecule has 1 amide bonds. The molecule has 0 N–H and O–H groups in total. The van der Waals surface area contributed by atoms with Gasteiger partial charge in [-0.3, -0.25) is 14.4 Å². The maximum Gasteiger partial charge on any atom is 0.311 e. The summed E-state index contributed by atoms with van der Waals surface area (Å²) in [7, 11) is 1.52. The number of para-hydroxylation sites is 2. The van der Waals surface area contributed by atoms with Gasteiger partial charge in [-0.2, -0.15) is 0 Å². The molecule has 3 aromatic rings. The van der Waals surface area contributed by atoms with Crippen LogP contribution in [0.25, 0.3) is 5.69 Å². The van der Waals surface area contributed by atoms with Gasteiger partial charge in [0.15, 0.2) is 6.61 Å². The first-order chi connectivity index (χ1) is 16.3. The highest BCUT2D eigenvalue weighted by Gasteiger charge is 2.37. The predicted molar refractivity (Wildman–Crippen MR) is 124 cm³/mol. The maximum absolute atomic E-state index is 13.3. The average molecular weight is 464 g/mol. The molecule has 1 unspecified atom stereocenters. The topological polar surface area (TPSA) is 77.8 Å². The fourth-order valence-corrected chi connectivity index (χ4v) is 4.32. The molecule has 2 aromatic carbocycles. The third-order valence-corrected chi connectivity index (χ3v) is 6.00. The lowest BCUT2D eigenvalue weighted by atomic mass is 10.1. The number of aromatic nitrogens is 1. The fraction of sp³-hybridized carbons (Fsp3) is 0.269. The molecular formula is C26H25FN2O5. The summed E-state index contributed by atoms with van der Waals surface area (Å²) in [5.41, 5.74) is 3.21. The number of hydrogen-bond donors (Lipinski definition) is 0. The molecule has 1 aromatic heterocycles. The number of carbonyl (C=O) groups excluding carboxylic acids is 3. The molecule has 0 radical (unpaired) electrons. The van der Waals surface area contributed by atoms with Gasteiger partial charge in [0.1, 0.15) is 11.6 Å². The van der Waals surface area contributed by atoms with Crippen LogP contribution in [0.1, 0.15) is 28.2 Å². The number of halogens is 1. The summed E-state index contributed by atoms with van der Waals surface area (Å²) in [6.45, 7) is 3.36. The van der Waals surface area contributed by atoms with Gasteiger partial charge in [-0.1, -0.05) is 12.1 Å². The molecule has 1 atom stereocenters. The highest BCUT2D eigenvalue weighted by Crippen LogP contribution is 2.33. The quantitative estimate of drug-likeness (QED) is 0.390. The van der Waals surface area contributed by atoms with E-state index in [-0.39, 0.29) is 30.5 Å². The number of carbonyl (C=O) groups is 3. The Morgan fingerprint density at radius 3 is 2.50 bits per heavy atom. The number of methoxy groups -OCH3 is 1. The highest BCUT2D eigenvalue weighted by molar-refractivity contribution is 6.02. The van der Waals surface area contributed by atoms with E-state index in [1.54, 1.807) is 49.4 Å². The van der Waals surface area contributed by atoms with Crippen LogP contribution in [-0.4, -0.2) is 42.5 Å². The number of Topliss-reactive ketones (excluding diaryl/α,β-unsaturated/α-hetero) is 1. The number of ether oxygens (including phenoxy) is 2. The summed E-state index contributed by atoms with van der Waals surface area (Å²) in [6, 6.07) is 14.8. The second-order valence-electron chi connectivity index (χ2n) is 8.20. The third-order valence-electron chi connectivity index (χ3n) is 6.00. The van der Waals surface area contributed by atoms with Crippen molar-refractivity contribution in [2.45, 2.75) is 20.3 Å². The van der Waals surface area contributed by atoms with Crippen LogP contribution in [0.2, 0.25) is 0 Å². The van der Waals surface area contributed by atoms with Crippen LogP contribution in [0.3, 0.4) is 0 Å². The van der Waals surface area contributed by atoms with Crippen LogP contribution in [-0.2, 0) is 14.3 Å². The molecule has 0 saturated carbocycles. The first-order valence-corrected chi connectivity index (χ1v) is 10.9. The lowest BCUT2D eigenvalue weighted by Gasteiger charge is -2.19. The Labute approximate surface area is 196 Å². The molecule has 176 valence electrons. The van der Waals surface area contributed by atoms with Crippen LogP contribution in [0, 0.1) is 25.6 Å². The van der Waals surface area contributed by atoms with Gasteiger partial charge in [-0.15, -0.1) is 0 Å². The number of hydrogen-bond acceptors (Lipinski definition) is 5. The molecular weight excluding hydrogens is 439 g/mol. The summed E-state index contributed by atoms with van der Waals surface area (Å²) in [5.74, 6) is -1.62. The Bertz CT molecular complexity index is 1250. The Morgan fingerprint density at radius 1 is 1.09 bits per heavy atom. The maximum atomic E-state index is 13.3. The summed E-state index contributed by atoms with van der Waals surface area (Å²) < 4.78 is 25.7. The Balaban J connectivity index is 1.42. The van der Waals surface area contributed by atoms with E-state index in [1.165, 1.54) is 24.1 Å². The molecule has 0 spiro atoms. The van der Waals surface area contributed by atoms with Crippen LogP contribution in [0.4, 0.5) is 10.1 Å². The van der Waals surface area contributed by atoms with E-state index in [2.05, 4.69) is 0 Å². The molecule has 7 nitrogen and oxygen atoms in total. The zero-order chi connectivity index (χ0) is 24.4. The van der Waals surface area contributed by atoms with Crippen molar-refractivity contribution < 1.29 is 28.2 Å². The number of amides is 1. The van der Waals surface area contributed by atoms with Gasteiger partial charge in [-0.05, 0) is 56.3 Å². The normalized spacial score (nSPS) is 15.5. The number of nitrogens with zero attached hydrogens (tertiary/aromatic N) is 2. The van der Waals surface area contributed by atoms with Crippen molar-refractivity contribution in [3.05, 3.63) is 77.4 Å². The Hall–Kier alpha value is -3.94. The van der Waals surface area contributed by atoms with Gasteiger partial charge < -0.3 is 18.9 Å². The largest absolute Gasteiger partial charge is 0.495 e. The second kappa shape index (κ2) is 9.51. The average Bonchev–Trinajstić information content (AvgIpc) is 3.37. The van der Waals surface area contributed by atoms with Crippen LogP contribution >= 0.6 is 0 Å². The molecule has 0 bridgehead atoms. The number of anilines is 1. The fourth-order valence-electron chi connectivity index (χ4n) is 4.32. The Morgan fingerprint density at radius 2 is 1.79 bits per heavy atom. The van der Waals surface area contributed by atoms with Crippen molar-refractivity contribution in [3.63, 3.8) is 0 Å². The van der Waals surface area contributed by atoms with E-state index in [0.717, 1.165) is 11.4 Å². The van der Waals surface area contributed by atoms with Gasteiger partial charge in [0.2, 0.25) is 11.7 Å². The van der Waals surface area contributed by atoms with E-state index in [0.29, 0.717) is 22.7 Å². The predicted octanol–water partition coefficient (Wildman–Crippen LogP) is 4.02. The summed E-state index contributed by atoms with van der Waals surface area (Å²) in [5, 5.41) is 0. The van der Waals surface area contributed by atoms with Crippen molar-refractivity contribution in [2.24, 2.45) is 5.92 Å². The third kappa shape index (κ3) is 4.44. The van der Waals surface area contributed by atoms with Gasteiger partial charge in [0.05, 0.1) is 18.7 Å². The molecule has 1 fully saturated rings. The van der Waals surface area contributed by atoms with Gasteiger partial charge >= 0.3 is 5.97 Å². The van der Waals surface area contributed by atoms with Crippen molar-refractivity contribution in [1.82, 2.24) is 4.57 Å². The van der Waals surface area contributed by atoms with E-state index >= 15 is 0 Å². The molecule has 8 heteroatoms. The molecule has 34 heavy (non-hydrogen) atoms. The van der Waals surface area contributed by atoms with E-state index in [9.17, 15) is 18.8 Å². The monoisotopic (exact) mass is 464 g/mol. The van der Waals surface area contributed by atoms with Crippen molar-refractivity contribution in [1.29, 1.82) is 0 Å². The molecule has 1 aliphatic heterocycles. The number of benzene rings is 2. The minimum Gasteiger partial charge on any atom is -0.495 e. The Kier molecular flexibility index (Phi) is 6.49. The molecule has 1 aliphatic rings. The van der Waals surface area contributed by atoms with Crippen LogP contribution in [0.5, 0.6) is 5.75 Å². The lowest BCUT2D eigenvalue weighted by molar-refractivity contribution is -0.147. The van der Waals surface area contributed by atoms with Crippen LogP contribution in [0.15, 0.2) is 54.6 Å². The molecule has 0 aliphatic carbocycles. The lowest BCUT2D eigenvalue weighted by Crippen LogP contribution is -2.27. The number of rotatable bonds is 7. The zero-order valence-corrected chi connectivity index (χ0v) is 19.2. The van der Waals surface area contributed by atoms with Crippen molar-refractivity contribution >= 4 is 23.3 Å². The number of ketones is 1. The van der Waals surface area contributed by atoms with Gasteiger partial charge in [0.25, 0.3) is 0 Å². The molecule has 4 rings (SSSR count). The molecule has 1 saturated heterocycles. The van der Waals surface area contributed by atoms with E-state index in [1.807, 2.05) is 11.5 Å². The first-order valence-electron chi connectivity index (χ1n) is 10.9. The second-order valence-corrected chi connectivity index (χ2v) is 8.20. The highest BCUT2D eigenvalue weighted by atomic mass is 19.1. The number of aryl methyl sites for hydroxylation is 1. The summed E-state index contributed by atoms with van der Waals surface area (Å²) in [6.07, 6.45) is 0.00412. The summed E-state index contributed by atoms with van der Waals surface area (Å²) >= 11 is 0. The SMILES string of the molecule is COc1ccccc1N1CC(C(=O)OCC(=O)c2cc(C)n(-c3ccc(F)cc3)c2C)CC1=O. The van der Waals surface area contributed by atoms with Gasteiger partial charge in [0, 0.05) is 35.6 Å². The minimum absolute atomic E-state index is 0.00412. The van der Waals surface area contributed by atoms with E-state index in [4.69, 9.17) is 9.47 Å². The van der Waals surface area contributed by atoms with Crippen molar-refractivity contribution in [3.8, 4) is 11.4 Å². The van der Waals surface area contributed by atoms with E-state index < -0.39 is 18.5 Å². The molecule has 2 heterocycles. The van der Waals surface area contributed by atoms with Crippen molar-refractivity contribution in [2.75, 3.05) is 25.2 Å². The first kappa shape index (κ1) is 23.2. The van der Waals surface area contributed by atoms with Crippen LogP contribution < -0.4 is 9.64 Å². The number of esters is 1. The minimum atomic E-state index is -0.670.